The number of hydrogen-bond donors (Lipinski definition) is 1. The third kappa shape index (κ3) is 5.50. The molecule has 2 unspecified atom stereocenters. The van der Waals surface area contributed by atoms with Gasteiger partial charge < -0.3 is 10.2 Å². The predicted molar refractivity (Wildman–Crippen MR) is 55.8 cm³/mol. The van der Waals surface area contributed by atoms with Crippen molar-refractivity contribution >= 4 is 6.03 Å². The van der Waals surface area contributed by atoms with Gasteiger partial charge in [-0.2, -0.15) is 0 Å². The first-order valence-electron chi connectivity index (χ1n) is 4.95. The fourth-order valence-corrected chi connectivity index (χ4v) is 1.17. The molecule has 0 aromatic rings. The molecule has 0 aromatic heterocycles. The zero-order valence-electron chi connectivity index (χ0n) is 9.42. The van der Waals surface area contributed by atoms with Gasteiger partial charge in [-0.25, -0.2) is 4.79 Å². The van der Waals surface area contributed by atoms with Crippen LogP contribution in [0.25, 0.3) is 0 Å². The first-order valence-corrected chi connectivity index (χ1v) is 4.95. The molecule has 0 aliphatic rings. The van der Waals surface area contributed by atoms with E-state index in [1.165, 1.54) is 6.42 Å². The molecule has 0 bridgehead atoms. The minimum absolute atomic E-state index is 0.00389. The monoisotopic (exact) mass is 186 g/mol. The average Bonchev–Trinajstić information content (AvgIpc) is 2.03. The standard InChI is InChI=1S/C10H22N2O/c1-6-8(2)7-9(3)11-10(13)12(4)5/h8-9H,6-7H2,1-5H3,(H,11,13). The number of nitrogens with one attached hydrogen (secondary N) is 1. The minimum Gasteiger partial charge on any atom is -0.336 e. The molecule has 0 heterocycles. The second kappa shape index (κ2) is 5.84. The Balaban J connectivity index is 3.74. The van der Waals surface area contributed by atoms with Gasteiger partial charge in [-0.3, -0.25) is 0 Å². The molecule has 2 amide bonds. The topological polar surface area (TPSA) is 32.3 Å². The quantitative estimate of drug-likeness (QED) is 0.716. The van der Waals surface area contributed by atoms with Gasteiger partial charge in [-0.05, 0) is 19.3 Å². The zero-order valence-corrected chi connectivity index (χ0v) is 9.42. The van der Waals surface area contributed by atoms with E-state index in [9.17, 15) is 4.79 Å². The number of hydrogen-bond acceptors (Lipinski definition) is 1. The summed E-state index contributed by atoms with van der Waals surface area (Å²) in [6, 6.07) is 0.264. The van der Waals surface area contributed by atoms with E-state index in [1.807, 2.05) is 6.92 Å². The molecule has 3 heteroatoms. The van der Waals surface area contributed by atoms with Crippen LogP contribution in [0.1, 0.15) is 33.6 Å². The van der Waals surface area contributed by atoms with Crippen molar-refractivity contribution in [2.75, 3.05) is 14.1 Å². The molecule has 78 valence electrons. The van der Waals surface area contributed by atoms with Crippen molar-refractivity contribution in [3.8, 4) is 0 Å². The summed E-state index contributed by atoms with van der Waals surface area (Å²) in [6.07, 6.45) is 2.22. The van der Waals surface area contributed by atoms with E-state index in [4.69, 9.17) is 0 Å². The molecule has 1 N–H and O–H groups in total. The molecule has 13 heavy (non-hydrogen) atoms. The van der Waals surface area contributed by atoms with Crippen LogP contribution >= 0.6 is 0 Å². The van der Waals surface area contributed by atoms with Gasteiger partial charge in [0.05, 0.1) is 0 Å². The Kier molecular flexibility index (Phi) is 5.51. The lowest BCUT2D eigenvalue weighted by molar-refractivity contribution is 0.212. The maximum Gasteiger partial charge on any atom is 0.317 e. The van der Waals surface area contributed by atoms with Crippen LogP contribution in [0.5, 0.6) is 0 Å². The molecule has 0 radical (unpaired) electrons. The first-order chi connectivity index (χ1) is 5.97. The van der Waals surface area contributed by atoms with Crippen LogP contribution in [-0.2, 0) is 0 Å². The Hall–Kier alpha value is -0.730. The fraction of sp³-hybridized carbons (Fsp3) is 0.900. The molecule has 0 aliphatic carbocycles. The van der Waals surface area contributed by atoms with Crippen molar-refractivity contribution in [1.29, 1.82) is 0 Å². The maximum absolute atomic E-state index is 11.2. The minimum atomic E-state index is -0.00389. The van der Waals surface area contributed by atoms with Crippen LogP contribution in [-0.4, -0.2) is 31.1 Å². The highest BCUT2D eigenvalue weighted by atomic mass is 16.2. The summed E-state index contributed by atoms with van der Waals surface area (Å²) < 4.78 is 0. The van der Waals surface area contributed by atoms with E-state index in [0.29, 0.717) is 5.92 Å². The molecule has 0 spiro atoms. The summed E-state index contributed by atoms with van der Waals surface area (Å²) in [5.74, 6) is 0.678. The van der Waals surface area contributed by atoms with Crippen molar-refractivity contribution in [3.63, 3.8) is 0 Å². The number of urea groups is 1. The molecule has 2 atom stereocenters. The largest absolute Gasteiger partial charge is 0.336 e. The molecule has 0 saturated heterocycles. The Labute approximate surface area is 81.5 Å². The highest BCUT2D eigenvalue weighted by Crippen LogP contribution is 2.09. The fourth-order valence-electron chi connectivity index (χ4n) is 1.17. The van der Waals surface area contributed by atoms with Crippen molar-refractivity contribution in [2.24, 2.45) is 5.92 Å². The summed E-state index contributed by atoms with van der Waals surface area (Å²) >= 11 is 0. The van der Waals surface area contributed by atoms with E-state index in [-0.39, 0.29) is 12.1 Å². The Morgan fingerprint density at radius 1 is 1.38 bits per heavy atom. The normalized spacial score (nSPS) is 14.8. The molecule has 3 nitrogen and oxygen atoms in total. The van der Waals surface area contributed by atoms with Gasteiger partial charge in [-0.1, -0.05) is 20.3 Å². The SMILES string of the molecule is CCC(C)CC(C)NC(=O)N(C)C. The number of rotatable bonds is 4. The summed E-state index contributed by atoms with van der Waals surface area (Å²) in [4.78, 5) is 12.8. The van der Waals surface area contributed by atoms with Crippen LogP contribution < -0.4 is 5.32 Å². The zero-order chi connectivity index (χ0) is 10.4. The van der Waals surface area contributed by atoms with Crippen molar-refractivity contribution in [1.82, 2.24) is 10.2 Å². The summed E-state index contributed by atoms with van der Waals surface area (Å²) in [5, 5.41) is 2.93. The Morgan fingerprint density at radius 2 is 1.92 bits per heavy atom. The first kappa shape index (κ1) is 12.3. The van der Waals surface area contributed by atoms with E-state index in [0.717, 1.165) is 6.42 Å². The Morgan fingerprint density at radius 3 is 2.31 bits per heavy atom. The summed E-state index contributed by atoms with van der Waals surface area (Å²) in [5.41, 5.74) is 0. The van der Waals surface area contributed by atoms with Crippen molar-refractivity contribution in [2.45, 2.75) is 39.7 Å². The predicted octanol–water partition coefficient (Wildman–Crippen LogP) is 2.08. The lowest BCUT2D eigenvalue weighted by atomic mass is 10.0. The molecule has 0 saturated carbocycles. The number of carbonyl (C=O) groups is 1. The van der Waals surface area contributed by atoms with Crippen molar-refractivity contribution < 1.29 is 4.79 Å². The van der Waals surface area contributed by atoms with E-state index >= 15 is 0 Å². The van der Waals surface area contributed by atoms with E-state index < -0.39 is 0 Å². The van der Waals surface area contributed by atoms with Crippen LogP contribution in [0.2, 0.25) is 0 Å². The van der Waals surface area contributed by atoms with Gasteiger partial charge in [0.15, 0.2) is 0 Å². The molecule has 0 rings (SSSR count). The van der Waals surface area contributed by atoms with Crippen LogP contribution in [0.15, 0.2) is 0 Å². The average molecular weight is 186 g/mol. The third-order valence-corrected chi connectivity index (χ3v) is 2.23. The molecule has 0 aromatic carbocycles. The third-order valence-electron chi connectivity index (χ3n) is 2.23. The highest BCUT2D eigenvalue weighted by molar-refractivity contribution is 5.73. The van der Waals surface area contributed by atoms with Gasteiger partial charge in [-0.15, -0.1) is 0 Å². The van der Waals surface area contributed by atoms with E-state index in [1.54, 1.807) is 19.0 Å². The smallest absolute Gasteiger partial charge is 0.317 e. The summed E-state index contributed by atoms with van der Waals surface area (Å²) in [7, 11) is 3.51. The number of amides is 2. The Bertz CT molecular complexity index is 157. The summed E-state index contributed by atoms with van der Waals surface area (Å²) in [6.45, 7) is 6.43. The molecule has 0 fully saturated rings. The molecular formula is C10H22N2O. The van der Waals surface area contributed by atoms with Gasteiger partial charge in [0.2, 0.25) is 0 Å². The van der Waals surface area contributed by atoms with Gasteiger partial charge in [0.1, 0.15) is 0 Å². The lowest BCUT2D eigenvalue weighted by Crippen LogP contribution is -2.40. The van der Waals surface area contributed by atoms with Crippen molar-refractivity contribution in [3.05, 3.63) is 0 Å². The van der Waals surface area contributed by atoms with E-state index in [2.05, 4.69) is 19.2 Å². The van der Waals surface area contributed by atoms with Gasteiger partial charge in [0, 0.05) is 20.1 Å². The lowest BCUT2D eigenvalue weighted by Gasteiger charge is -2.20. The number of nitrogens with zero attached hydrogens (tertiary/aromatic N) is 1. The van der Waals surface area contributed by atoms with Crippen LogP contribution in [0.4, 0.5) is 4.79 Å². The number of carbonyl (C=O) groups excluding carboxylic acids is 1. The van der Waals surface area contributed by atoms with Gasteiger partial charge in [0.25, 0.3) is 0 Å². The second-order valence-electron chi connectivity index (χ2n) is 3.99. The second-order valence-corrected chi connectivity index (χ2v) is 3.99. The maximum atomic E-state index is 11.2. The van der Waals surface area contributed by atoms with Gasteiger partial charge >= 0.3 is 6.03 Å². The molecule has 0 aliphatic heterocycles. The van der Waals surface area contributed by atoms with Crippen LogP contribution in [0.3, 0.4) is 0 Å². The van der Waals surface area contributed by atoms with Crippen LogP contribution in [0, 0.1) is 5.92 Å². The highest BCUT2D eigenvalue weighted by Gasteiger charge is 2.10. The molecular weight excluding hydrogens is 164 g/mol.